The van der Waals surface area contributed by atoms with Crippen molar-refractivity contribution in [3.63, 3.8) is 0 Å². The molecule has 8 nitrogen and oxygen atoms in total. The third-order valence-corrected chi connectivity index (χ3v) is 5.07. The highest BCUT2D eigenvalue weighted by molar-refractivity contribution is 7.18. The standard InChI is InChI=1S/C19H24N2O6S/c1-5-25-18(23)15-11(3)16(19(24)26-6-2)28-17(15)21-14(22)10-20-12(4)13-8-7-9-27-13/h7-9,12,20H,5-6,10H2,1-4H3,(H,21,22)/t12-/m0/s1. The first kappa shape index (κ1) is 21.6. The van der Waals surface area contributed by atoms with Gasteiger partial charge in [-0.2, -0.15) is 0 Å². The molecule has 0 aliphatic rings. The molecule has 9 heteroatoms. The molecule has 1 atom stereocenters. The van der Waals surface area contributed by atoms with Crippen molar-refractivity contribution in [2.24, 2.45) is 0 Å². The van der Waals surface area contributed by atoms with Crippen molar-refractivity contribution >= 4 is 34.2 Å². The first-order chi connectivity index (χ1) is 13.4. The van der Waals surface area contributed by atoms with Gasteiger partial charge in [-0.3, -0.25) is 10.1 Å². The predicted molar refractivity (Wildman–Crippen MR) is 105 cm³/mol. The van der Waals surface area contributed by atoms with Crippen LogP contribution < -0.4 is 10.6 Å². The molecule has 0 saturated heterocycles. The fourth-order valence-electron chi connectivity index (χ4n) is 2.50. The van der Waals surface area contributed by atoms with Crippen molar-refractivity contribution in [3.8, 4) is 0 Å². The van der Waals surface area contributed by atoms with Crippen LogP contribution in [0.5, 0.6) is 0 Å². The molecule has 1 amide bonds. The number of rotatable bonds is 9. The predicted octanol–water partition coefficient (Wildman–Crippen LogP) is 3.29. The third kappa shape index (κ3) is 5.20. The molecule has 28 heavy (non-hydrogen) atoms. The summed E-state index contributed by atoms with van der Waals surface area (Å²) in [6.45, 7) is 7.26. The van der Waals surface area contributed by atoms with Gasteiger partial charge in [0.15, 0.2) is 0 Å². The Kier molecular flexibility index (Phi) is 7.77. The lowest BCUT2D eigenvalue weighted by atomic mass is 10.1. The van der Waals surface area contributed by atoms with E-state index in [4.69, 9.17) is 13.9 Å². The summed E-state index contributed by atoms with van der Waals surface area (Å²) in [6, 6.07) is 3.41. The van der Waals surface area contributed by atoms with Crippen LogP contribution in [0.2, 0.25) is 0 Å². The van der Waals surface area contributed by atoms with E-state index in [0.29, 0.717) is 11.3 Å². The maximum atomic E-state index is 12.4. The second-order valence-corrected chi connectivity index (χ2v) is 6.89. The molecule has 0 bridgehead atoms. The van der Waals surface area contributed by atoms with Crippen LogP contribution in [0.3, 0.4) is 0 Å². The highest BCUT2D eigenvalue weighted by Crippen LogP contribution is 2.34. The molecule has 2 rings (SSSR count). The summed E-state index contributed by atoms with van der Waals surface area (Å²) >= 11 is 0.995. The van der Waals surface area contributed by atoms with Crippen molar-refractivity contribution in [2.75, 3.05) is 25.1 Å². The van der Waals surface area contributed by atoms with E-state index in [1.165, 1.54) is 0 Å². The number of furan rings is 1. The van der Waals surface area contributed by atoms with Gasteiger partial charge in [0.2, 0.25) is 5.91 Å². The van der Waals surface area contributed by atoms with Gasteiger partial charge in [-0.15, -0.1) is 11.3 Å². The molecule has 0 saturated carbocycles. The van der Waals surface area contributed by atoms with Crippen LogP contribution >= 0.6 is 11.3 Å². The fourth-order valence-corrected chi connectivity index (χ4v) is 3.60. The van der Waals surface area contributed by atoms with Gasteiger partial charge in [0, 0.05) is 0 Å². The van der Waals surface area contributed by atoms with Crippen molar-refractivity contribution in [1.82, 2.24) is 5.32 Å². The molecule has 0 aliphatic carbocycles. The van der Waals surface area contributed by atoms with Crippen LogP contribution in [0.4, 0.5) is 5.00 Å². The lowest BCUT2D eigenvalue weighted by molar-refractivity contribution is -0.115. The summed E-state index contributed by atoms with van der Waals surface area (Å²) in [5.41, 5.74) is 0.594. The molecule has 0 spiro atoms. The lowest BCUT2D eigenvalue weighted by Crippen LogP contribution is -2.30. The van der Waals surface area contributed by atoms with E-state index in [1.54, 1.807) is 33.1 Å². The molecular weight excluding hydrogens is 384 g/mol. The molecule has 2 heterocycles. The number of amides is 1. The van der Waals surface area contributed by atoms with Crippen LogP contribution in [-0.2, 0) is 14.3 Å². The number of carbonyl (C=O) groups is 3. The van der Waals surface area contributed by atoms with E-state index in [2.05, 4.69) is 10.6 Å². The molecule has 0 radical (unpaired) electrons. The van der Waals surface area contributed by atoms with Crippen molar-refractivity contribution < 1.29 is 28.3 Å². The topological polar surface area (TPSA) is 107 Å². The highest BCUT2D eigenvalue weighted by atomic mass is 32.1. The van der Waals surface area contributed by atoms with Crippen molar-refractivity contribution in [1.29, 1.82) is 0 Å². The normalized spacial score (nSPS) is 11.7. The summed E-state index contributed by atoms with van der Waals surface area (Å²) in [7, 11) is 0. The average Bonchev–Trinajstić information content (AvgIpc) is 3.28. The SMILES string of the molecule is CCOC(=O)c1sc(NC(=O)CN[C@@H](C)c2ccco2)c(C(=O)OCC)c1C. The Labute approximate surface area is 167 Å². The van der Waals surface area contributed by atoms with E-state index < -0.39 is 11.9 Å². The minimum atomic E-state index is -0.598. The maximum absolute atomic E-state index is 12.4. The highest BCUT2D eigenvalue weighted by Gasteiger charge is 2.27. The Bertz CT molecular complexity index is 828. The molecule has 2 aromatic heterocycles. The molecule has 0 aliphatic heterocycles. The fraction of sp³-hybridized carbons (Fsp3) is 0.421. The summed E-state index contributed by atoms with van der Waals surface area (Å²) in [6.07, 6.45) is 1.56. The third-order valence-electron chi connectivity index (χ3n) is 3.88. The maximum Gasteiger partial charge on any atom is 0.348 e. The monoisotopic (exact) mass is 408 g/mol. The van der Waals surface area contributed by atoms with E-state index in [0.717, 1.165) is 11.3 Å². The van der Waals surface area contributed by atoms with Crippen LogP contribution in [0, 0.1) is 6.92 Å². The Morgan fingerprint density at radius 1 is 1.18 bits per heavy atom. The van der Waals surface area contributed by atoms with Gasteiger partial charge in [0.25, 0.3) is 0 Å². The average molecular weight is 408 g/mol. The van der Waals surface area contributed by atoms with E-state index in [9.17, 15) is 14.4 Å². The number of ether oxygens (including phenoxy) is 2. The smallest absolute Gasteiger partial charge is 0.348 e. The van der Waals surface area contributed by atoms with Crippen LogP contribution in [0.1, 0.15) is 58.2 Å². The largest absolute Gasteiger partial charge is 0.468 e. The minimum absolute atomic E-state index is 0.00415. The Morgan fingerprint density at radius 3 is 2.46 bits per heavy atom. The van der Waals surface area contributed by atoms with Crippen LogP contribution in [-0.4, -0.2) is 37.6 Å². The van der Waals surface area contributed by atoms with Crippen LogP contribution in [0.25, 0.3) is 0 Å². The zero-order valence-electron chi connectivity index (χ0n) is 16.3. The molecule has 0 unspecified atom stereocenters. The zero-order chi connectivity index (χ0) is 20.7. The quantitative estimate of drug-likeness (QED) is 0.613. The van der Waals surface area contributed by atoms with Gasteiger partial charge in [-0.05, 0) is 45.4 Å². The number of hydrogen-bond acceptors (Lipinski definition) is 8. The van der Waals surface area contributed by atoms with E-state index in [1.807, 2.05) is 13.0 Å². The van der Waals surface area contributed by atoms with Crippen LogP contribution in [0.15, 0.2) is 22.8 Å². The molecule has 2 aromatic rings. The number of thiophene rings is 1. The van der Waals surface area contributed by atoms with Crippen molar-refractivity contribution in [2.45, 2.75) is 33.7 Å². The number of nitrogens with one attached hydrogen (secondary N) is 2. The number of hydrogen-bond donors (Lipinski definition) is 2. The number of carbonyl (C=O) groups excluding carboxylic acids is 3. The van der Waals surface area contributed by atoms with Gasteiger partial charge >= 0.3 is 11.9 Å². The lowest BCUT2D eigenvalue weighted by Gasteiger charge is -2.11. The van der Waals surface area contributed by atoms with Gasteiger partial charge in [0.05, 0.1) is 37.6 Å². The summed E-state index contributed by atoms with van der Waals surface area (Å²) in [5.74, 6) is -0.795. The van der Waals surface area contributed by atoms with E-state index >= 15 is 0 Å². The first-order valence-electron chi connectivity index (χ1n) is 8.93. The second kappa shape index (κ2) is 10.0. The van der Waals surface area contributed by atoms with Crippen molar-refractivity contribution in [3.05, 3.63) is 40.2 Å². The van der Waals surface area contributed by atoms with Gasteiger partial charge in [0.1, 0.15) is 15.6 Å². The molecule has 152 valence electrons. The second-order valence-electron chi connectivity index (χ2n) is 5.87. The summed E-state index contributed by atoms with van der Waals surface area (Å²) in [4.78, 5) is 37.1. The molecule has 0 fully saturated rings. The Hall–Kier alpha value is -2.65. The molecule has 2 N–H and O–H groups in total. The first-order valence-corrected chi connectivity index (χ1v) is 9.74. The molecular formula is C19H24N2O6S. The van der Waals surface area contributed by atoms with Gasteiger partial charge in [-0.25, -0.2) is 9.59 Å². The van der Waals surface area contributed by atoms with E-state index in [-0.39, 0.29) is 47.1 Å². The Balaban J connectivity index is 2.15. The number of anilines is 1. The number of esters is 2. The molecule has 0 aromatic carbocycles. The van der Waals surface area contributed by atoms with Gasteiger partial charge < -0.3 is 19.2 Å². The van der Waals surface area contributed by atoms with Gasteiger partial charge in [-0.1, -0.05) is 0 Å². The summed E-state index contributed by atoms with van der Waals surface area (Å²) < 4.78 is 15.4. The Morgan fingerprint density at radius 2 is 1.86 bits per heavy atom. The summed E-state index contributed by atoms with van der Waals surface area (Å²) in [5, 5.41) is 5.98. The minimum Gasteiger partial charge on any atom is -0.468 e. The zero-order valence-corrected chi connectivity index (χ0v) is 17.1.